The average molecular weight is 759 g/mol. The molecule has 6 heteroatoms. The van der Waals surface area contributed by atoms with E-state index in [9.17, 15) is 0 Å². The van der Waals surface area contributed by atoms with E-state index in [0.717, 1.165) is 53.3 Å². The number of hydrogen-bond donors (Lipinski definition) is 0. The zero-order valence-corrected chi connectivity index (χ0v) is 34.5. The van der Waals surface area contributed by atoms with Crippen LogP contribution >= 0.6 is 11.8 Å². The number of likely N-dealkylation sites (tertiary alicyclic amines) is 1. The van der Waals surface area contributed by atoms with Gasteiger partial charge in [-0.2, -0.15) is 0 Å². The van der Waals surface area contributed by atoms with Crippen molar-refractivity contribution in [3.05, 3.63) is 143 Å². The number of methoxy groups -OCH3 is 2. The van der Waals surface area contributed by atoms with Crippen LogP contribution in [0.4, 0.5) is 5.69 Å². The Morgan fingerprint density at radius 3 is 1.98 bits per heavy atom. The Hall–Kier alpha value is -5.17. The first-order valence-electron chi connectivity index (χ1n) is 19.5. The first-order valence-corrected chi connectivity index (χ1v) is 20.7. The third-order valence-electron chi connectivity index (χ3n) is 12.3. The highest BCUT2D eigenvalue weighted by Gasteiger charge is 2.53. The molecular formula is C50H50N2O3S. The van der Waals surface area contributed by atoms with Gasteiger partial charge in [0.05, 0.1) is 14.2 Å². The molecule has 1 atom stereocenters. The highest BCUT2D eigenvalue weighted by molar-refractivity contribution is 7.98. The molecule has 0 amide bonds. The molecule has 9 rings (SSSR count). The van der Waals surface area contributed by atoms with Crippen molar-refractivity contribution in [2.24, 2.45) is 5.41 Å². The molecule has 1 aliphatic carbocycles. The average Bonchev–Trinajstić information content (AvgIpc) is 3.47. The molecule has 3 aliphatic rings. The van der Waals surface area contributed by atoms with Crippen molar-refractivity contribution < 1.29 is 14.2 Å². The summed E-state index contributed by atoms with van der Waals surface area (Å²) < 4.78 is 19.1. The molecule has 56 heavy (non-hydrogen) atoms. The van der Waals surface area contributed by atoms with Crippen LogP contribution in [0, 0.1) is 5.41 Å². The second-order valence-electron chi connectivity index (χ2n) is 16.8. The molecule has 0 radical (unpaired) electrons. The van der Waals surface area contributed by atoms with Crippen LogP contribution in [0.5, 0.6) is 17.2 Å². The highest BCUT2D eigenvalue weighted by Crippen LogP contribution is 2.62. The van der Waals surface area contributed by atoms with Gasteiger partial charge in [0.15, 0.2) is 5.60 Å². The standard InChI is InChI=1S/C50H50N2O3S/c1-48(2)29-49(31-52(5)30-48)43-12-10-9-11-38(43)45-41-28-44(56-8)40(32-13-19-35(20-14-32)51(3)4)27-42(41)47-39(46(45)49)25-26-50(55-47,33-15-21-36(53-6)22-16-33)34-17-23-37(54-7)24-18-34/h9-28H,29-31H2,1-8H3. The molecule has 1 spiro atoms. The number of likely N-dealkylation sites (N-methyl/N-ethyl adjacent to an activating group) is 1. The van der Waals surface area contributed by atoms with Gasteiger partial charge in [-0.1, -0.05) is 80.6 Å². The Labute approximate surface area is 335 Å². The Morgan fingerprint density at radius 2 is 1.39 bits per heavy atom. The summed E-state index contributed by atoms with van der Waals surface area (Å²) >= 11 is 1.81. The Morgan fingerprint density at radius 1 is 0.750 bits per heavy atom. The molecule has 5 nitrogen and oxygen atoms in total. The molecule has 2 aliphatic heterocycles. The normalized spacial score (nSPS) is 18.9. The van der Waals surface area contributed by atoms with Crippen LogP contribution in [0.25, 0.3) is 39.1 Å². The number of benzene rings is 6. The summed E-state index contributed by atoms with van der Waals surface area (Å²) in [6.07, 6.45) is 7.92. The predicted octanol–water partition coefficient (Wildman–Crippen LogP) is 11.3. The second-order valence-corrected chi connectivity index (χ2v) is 17.6. The molecule has 0 N–H and O–H groups in total. The molecule has 0 saturated carbocycles. The van der Waals surface area contributed by atoms with Crippen molar-refractivity contribution >= 4 is 34.3 Å². The van der Waals surface area contributed by atoms with Crippen molar-refractivity contribution in [2.75, 3.05) is 59.6 Å². The summed E-state index contributed by atoms with van der Waals surface area (Å²) in [5, 5.41) is 2.36. The van der Waals surface area contributed by atoms with Crippen LogP contribution in [-0.4, -0.2) is 59.6 Å². The Kier molecular flexibility index (Phi) is 8.79. The lowest BCUT2D eigenvalue weighted by Gasteiger charge is -2.49. The van der Waals surface area contributed by atoms with Crippen molar-refractivity contribution in [1.82, 2.24) is 4.90 Å². The van der Waals surface area contributed by atoms with Crippen molar-refractivity contribution in [3.8, 4) is 39.5 Å². The third-order valence-corrected chi connectivity index (χ3v) is 13.1. The summed E-state index contributed by atoms with van der Waals surface area (Å²) in [7, 11) is 9.88. The van der Waals surface area contributed by atoms with Gasteiger partial charge in [-0.15, -0.1) is 11.8 Å². The van der Waals surface area contributed by atoms with Crippen molar-refractivity contribution in [2.45, 2.75) is 36.2 Å². The molecule has 284 valence electrons. The van der Waals surface area contributed by atoms with Crippen LogP contribution in [0.2, 0.25) is 0 Å². The summed E-state index contributed by atoms with van der Waals surface area (Å²) in [5.74, 6) is 2.53. The minimum Gasteiger partial charge on any atom is -0.497 e. The van der Waals surface area contributed by atoms with Crippen LogP contribution in [0.15, 0.2) is 120 Å². The number of ether oxygens (including phenoxy) is 3. The van der Waals surface area contributed by atoms with Gasteiger partial charge in [-0.3, -0.25) is 0 Å². The Balaban J connectivity index is 1.39. The fourth-order valence-electron chi connectivity index (χ4n) is 10.2. The molecule has 6 aromatic rings. The summed E-state index contributed by atoms with van der Waals surface area (Å²) in [5.41, 5.74) is 11.3. The predicted molar refractivity (Wildman–Crippen MR) is 234 cm³/mol. The summed E-state index contributed by atoms with van der Waals surface area (Å²) in [6.45, 7) is 6.87. The van der Waals surface area contributed by atoms with E-state index >= 15 is 0 Å². The molecule has 6 aromatic carbocycles. The van der Waals surface area contributed by atoms with Crippen molar-refractivity contribution in [1.29, 1.82) is 0 Å². The number of piperidine rings is 1. The second kappa shape index (κ2) is 13.5. The topological polar surface area (TPSA) is 34.2 Å². The monoisotopic (exact) mass is 758 g/mol. The summed E-state index contributed by atoms with van der Waals surface area (Å²) in [6, 6.07) is 39.6. The zero-order valence-electron chi connectivity index (χ0n) is 33.7. The smallest absolute Gasteiger partial charge is 0.178 e. The number of hydrogen-bond acceptors (Lipinski definition) is 6. The highest BCUT2D eigenvalue weighted by atomic mass is 32.2. The molecule has 2 heterocycles. The first-order chi connectivity index (χ1) is 27.0. The number of anilines is 1. The fourth-order valence-corrected chi connectivity index (χ4v) is 10.8. The van der Waals surface area contributed by atoms with E-state index in [-0.39, 0.29) is 10.8 Å². The van der Waals surface area contributed by atoms with Crippen LogP contribution in [0.3, 0.4) is 0 Å². The van der Waals surface area contributed by atoms with E-state index in [1.54, 1.807) is 14.2 Å². The molecule has 1 fully saturated rings. The van der Waals surface area contributed by atoms with E-state index in [2.05, 4.69) is 148 Å². The van der Waals surface area contributed by atoms with Crippen LogP contribution in [-0.2, 0) is 11.0 Å². The zero-order chi connectivity index (χ0) is 39.0. The minimum atomic E-state index is -0.917. The maximum absolute atomic E-state index is 7.81. The number of nitrogens with zero attached hydrogens (tertiary/aromatic N) is 2. The largest absolute Gasteiger partial charge is 0.497 e. The number of fused-ring (bicyclic) bond motifs is 10. The van der Waals surface area contributed by atoms with E-state index in [1.165, 1.54) is 54.9 Å². The number of thioether (sulfide) groups is 1. The van der Waals surface area contributed by atoms with Gasteiger partial charge in [0, 0.05) is 65.3 Å². The van der Waals surface area contributed by atoms with Gasteiger partial charge < -0.3 is 24.0 Å². The quantitative estimate of drug-likeness (QED) is 0.151. The van der Waals surface area contributed by atoms with E-state index in [4.69, 9.17) is 14.2 Å². The molecule has 0 bridgehead atoms. The summed E-state index contributed by atoms with van der Waals surface area (Å²) in [4.78, 5) is 5.95. The van der Waals surface area contributed by atoms with Gasteiger partial charge in [-0.05, 0) is 119 Å². The van der Waals surface area contributed by atoms with Gasteiger partial charge in [0.1, 0.15) is 17.2 Å². The van der Waals surface area contributed by atoms with Gasteiger partial charge >= 0.3 is 0 Å². The number of rotatable bonds is 7. The van der Waals surface area contributed by atoms with E-state index < -0.39 is 5.60 Å². The van der Waals surface area contributed by atoms with E-state index in [1.807, 2.05) is 36.0 Å². The fraction of sp³-hybridized carbons (Fsp3) is 0.280. The van der Waals surface area contributed by atoms with Gasteiger partial charge in [0.2, 0.25) is 0 Å². The molecule has 1 unspecified atom stereocenters. The first kappa shape index (κ1) is 36.5. The van der Waals surface area contributed by atoms with Gasteiger partial charge in [0.25, 0.3) is 0 Å². The minimum absolute atomic E-state index is 0.103. The SMILES string of the molecule is COc1ccc(C2(c3ccc(OC)cc3)C=Cc3c4c(c5cc(SC)c(-c6ccc(N(C)C)cc6)cc5c3O2)-c2ccccc2C42CN(C)CC(C)(C)C2)cc1. The maximum Gasteiger partial charge on any atom is 0.178 e. The maximum atomic E-state index is 7.81. The van der Waals surface area contributed by atoms with Crippen molar-refractivity contribution in [3.63, 3.8) is 0 Å². The third kappa shape index (κ3) is 5.63. The Bertz CT molecular complexity index is 2460. The van der Waals surface area contributed by atoms with Crippen LogP contribution < -0.4 is 19.1 Å². The lowest BCUT2D eigenvalue weighted by molar-refractivity contribution is 0.0896. The molecule has 0 aromatic heterocycles. The lowest BCUT2D eigenvalue weighted by atomic mass is 9.63. The van der Waals surface area contributed by atoms with Gasteiger partial charge in [-0.25, -0.2) is 0 Å². The van der Waals surface area contributed by atoms with Crippen LogP contribution in [0.1, 0.15) is 48.1 Å². The molecular weight excluding hydrogens is 709 g/mol. The molecule has 1 saturated heterocycles. The van der Waals surface area contributed by atoms with E-state index in [0.29, 0.717) is 0 Å². The lowest BCUT2D eigenvalue weighted by Crippen LogP contribution is -2.51.